The highest BCUT2D eigenvalue weighted by Crippen LogP contribution is 2.25. The van der Waals surface area contributed by atoms with Crippen LogP contribution in [-0.2, 0) is 4.79 Å². The number of aryl methyl sites for hydroxylation is 2. The topological polar surface area (TPSA) is 87.5 Å². The maximum absolute atomic E-state index is 12.8. The minimum atomic E-state index is -0.439. The Labute approximate surface area is 156 Å². The summed E-state index contributed by atoms with van der Waals surface area (Å²) in [6.07, 6.45) is 0.877. The Morgan fingerprint density at radius 2 is 1.93 bits per heavy atom. The van der Waals surface area contributed by atoms with Crippen molar-refractivity contribution in [2.75, 3.05) is 24.5 Å². The number of anilines is 1. The number of nitrogens with one attached hydrogen (secondary N) is 1. The van der Waals surface area contributed by atoms with E-state index in [0.717, 1.165) is 17.8 Å². The number of hydrogen-bond donors (Lipinski definition) is 1. The van der Waals surface area contributed by atoms with Crippen LogP contribution in [0.1, 0.15) is 34.2 Å². The summed E-state index contributed by atoms with van der Waals surface area (Å²) in [5.41, 5.74) is 3.25. The second-order valence-electron chi connectivity index (χ2n) is 7.05. The van der Waals surface area contributed by atoms with Crippen LogP contribution in [0.5, 0.6) is 0 Å². The molecule has 2 aliphatic heterocycles. The molecule has 2 aromatic rings. The average molecular weight is 367 g/mol. The molecule has 0 bridgehead atoms. The zero-order valence-corrected chi connectivity index (χ0v) is 15.3. The van der Waals surface area contributed by atoms with Gasteiger partial charge in [-0.05, 0) is 50.6 Å². The molecular weight excluding hydrogens is 346 g/mol. The molecule has 27 heavy (non-hydrogen) atoms. The van der Waals surface area contributed by atoms with E-state index in [1.54, 1.807) is 24.3 Å². The third kappa shape index (κ3) is 3.18. The first-order valence-corrected chi connectivity index (χ1v) is 8.96. The number of carbonyl (C=O) groups excluding carboxylic acids is 3. The Morgan fingerprint density at radius 1 is 1.19 bits per heavy atom. The van der Waals surface area contributed by atoms with Crippen molar-refractivity contribution < 1.29 is 14.4 Å². The molecular formula is C19H21N5O3. The van der Waals surface area contributed by atoms with Crippen LogP contribution in [0.4, 0.5) is 10.5 Å². The number of nitrogens with zero attached hydrogens (tertiary/aromatic N) is 4. The van der Waals surface area contributed by atoms with E-state index in [0.29, 0.717) is 24.3 Å². The molecule has 1 aromatic heterocycles. The molecule has 8 heteroatoms. The monoisotopic (exact) mass is 367 g/mol. The SMILES string of the molecule is Cc1cc(C)n(C2CCN(C(=O)c3ccc(N4CC(=O)NC4=O)cc3)C2)n1. The van der Waals surface area contributed by atoms with E-state index in [1.165, 1.54) is 4.90 Å². The van der Waals surface area contributed by atoms with Crippen LogP contribution >= 0.6 is 0 Å². The fourth-order valence-corrected chi connectivity index (χ4v) is 3.76. The van der Waals surface area contributed by atoms with E-state index in [-0.39, 0.29) is 24.4 Å². The van der Waals surface area contributed by atoms with Crippen LogP contribution in [0.3, 0.4) is 0 Å². The van der Waals surface area contributed by atoms with Crippen molar-refractivity contribution >= 4 is 23.5 Å². The van der Waals surface area contributed by atoms with Crippen molar-refractivity contribution in [1.29, 1.82) is 0 Å². The Balaban J connectivity index is 1.45. The molecule has 1 unspecified atom stereocenters. The van der Waals surface area contributed by atoms with Gasteiger partial charge in [0.1, 0.15) is 6.54 Å². The second kappa shape index (κ2) is 6.53. The maximum atomic E-state index is 12.8. The molecule has 0 spiro atoms. The van der Waals surface area contributed by atoms with Crippen LogP contribution in [0.15, 0.2) is 30.3 Å². The number of imide groups is 1. The van der Waals surface area contributed by atoms with Crippen molar-refractivity contribution in [3.8, 4) is 0 Å². The molecule has 4 amide bonds. The summed E-state index contributed by atoms with van der Waals surface area (Å²) in [5, 5.41) is 6.77. The standard InChI is InChI=1S/C19H21N5O3/c1-12-9-13(2)24(21-12)16-7-8-22(10-16)18(26)14-3-5-15(6-4-14)23-11-17(25)20-19(23)27/h3-6,9,16H,7-8,10-11H2,1-2H3,(H,20,25,27). The van der Waals surface area contributed by atoms with Crippen LogP contribution < -0.4 is 10.2 Å². The van der Waals surface area contributed by atoms with Gasteiger partial charge in [-0.3, -0.25) is 24.5 Å². The van der Waals surface area contributed by atoms with Gasteiger partial charge in [0.25, 0.3) is 5.91 Å². The molecule has 3 heterocycles. The number of carbonyl (C=O) groups is 3. The van der Waals surface area contributed by atoms with E-state index in [4.69, 9.17) is 0 Å². The number of likely N-dealkylation sites (tertiary alicyclic amines) is 1. The Bertz CT molecular complexity index is 918. The van der Waals surface area contributed by atoms with Crippen molar-refractivity contribution in [2.24, 2.45) is 0 Å². The maximum Gasteiger partial charge on any atom is 0.329 e. The summed E-state index contributed by atoms with van der Waals surface area (Å²) in [5.74, 6) is -0.361. The van der Waals surface area contributed by atoms with Gasteiger partial charge in [-0.15, -0.1) is 0 Å². The largest absolute Gasteiger partial charge is 0.336 e. The van der Waals surface area contributed by atoms with Gasteiger partial charge in [-0.1, -0.05) is 0 Å². The molecule has 0 saturated carbocycles. The predicted octanol–water partition coefficient (Wildman–Crippen LogP) is 1.64. The van der Waals surface area contributed by atoms with Gasteiger partial charge in [0.2, 0.25) is 5.91 Å². The molecule has 2 fully saturated rings. The lowest BCUT2D eigenvalue weighted by Gasteiger charge is -2.18. The summed E-state index contributed by atoms with van der Waals surface area (Å²) < 4.78 is 2.01. The molecule has 8 nitrogen and oxygen atoms in total. The first kappa shape index (κ1) is 17.3. The molecule has 1 atom stereocenters. The summed E-state index contributed by atoms with van der Waals surface area (Å²) in [6.45, 7) is 5.32. The van der Waals surface area contributed by atoms with Crippen molar-refractivity contribution in [1.82, 2.24) is 20.0 Å². The van der Waals surface area contributed by atoms with Gasteiger partial charge in [0, 0.05) is 30.0 Å². The third-order valence-corrected chi connectivity index (χ3v) is 5.06. The quantitative estimate of drug-likeness (QED) is 0.836. The van der Waals surface area contributed by atoms with Gasteiger partial charge in [0.15, 0.2) is 0 Å². The van der Waals surface area contributed by atoms with E-state index in [2.05, 4.69) is 10.4 Å². The second-order valence-corrected chi connectivity index (χ2v) is 7.05. The van der Waals surface area contributed by atoms with Crippen LogP contribution in [0, 0.1) is 13.8 Å². The number of benzene rings is 1. The van der Waals surface area contributed by atoms with Crippen LogP contribution in [0.2, 0.25) is 0 Å². The third-order valence-electron chi connectivity index (χ3n) is 5.06. The minimum absolute atomic E-state index is 0.00255. The molecule has 0 aliphatic carbocycles. The zero-order valence-electron chi connectivity index (χ0n) is 15.3. The number of hydrogen-bond acceptors (Lipinski definition) is 4. The van der Waals surface area contributed by atoms with Crippen molar-refractivity contribution in [3.63, 3.8) is 0 Å². The van der Waals surface area contributed by atoms with E-state index in [1.807, 2.05) is 29.5 Å². The predicted molar refractivity (Wildman–Crippen MR) is 98.6 cm³/mol. The summed E-state index contributed by atoms with van der Waals surface area (Å²) in [7, 11) is 0. The highest BCUT2D eigenvalue weighted by molar-refractivity contribution is 6.12. The lowest BCUT2D eigenvalue weighted by molar-refractivity contribution is -0.117. The first-order chi connectivity index (χ1) is 12.9. The highest BCUT2D eigenvalue weighted by Gasteiger charge is 2.30. The van der Waals surface area contributed by atoms with Gasteiger partial charge in [-0.2, -0.15) is 5.10 Å². The van der Waals surface area contributed by atoms with Crippen molar-refractivity contribution in [2.45, 2.75) is 26.3 Å². The normalized spacial score (nSPS) is 19.7. The molecule has 2 saturated heterocycles. The lowest BCUT2D eigenvalue weighted by atomic mass is 10.1. The number of rotatable bonds is 3. The Morgan fingerprint density at radius 3 is 2.52 bits per heavy atom. The van der Waals surface area contributed by atoms with Gasteiger partial charge in [0.05, 0.1) is 11.7 Å². The fraction of sp³-hybridized carbons (Fsp3) is 0.368. The molecule has 1 N–H and O–H groups in total. The van der Waals surface area contributed by atoms with Gasteiger partial charge >= 0.3 is 6.03 Å². The smallest absolute Gasteiger partial charge is 0.329 e. The summed E-state index contributed by atoms with van der Waals surface area (Å²) >= 11 is 0. The molecule has 4 rings (SSSR count). The molecule has 2 aliphatic rings. The molecule has 140 valence electrons. The summed E-state index contributed by atoms with van der Waals surface area (Å²) in [4.78, 5) is 39.0. The van der Waals surface area contributed by atoms with Gasteiger partial charge in [-0.25, -0.2) is 4.79 Å². The zero-order chi connectivity index (χ0) is 19.1. The van der Waals surface area contributed by atoms with Gasteiger partial charge < -0.3 is 4.90 Å². The fourth-order valence-electron chi connectivity index (χ4n) is 3.76. The van der Waals surface area contributed by atoms with E-state index >= 15 is 0 Å². The van der Waals surface area contributed by atoms with E-state index < -0.39 is 6.03 Å². The first-order valence-electron chi connectivity index (χ1n) is 8.96. The molecule has 0 radical (unpaired) electrons. The lowest BCUT2D eigenvalue weighted by Crippen LogP contribution is -2.30. The molecule has 1 aromatic carbocycles. The number of amides is 4. The van der Waals surface area contributed by atoms with Crippen LogP contribution in [-0.4, -0.2) is 52.2 Å². The van der Waals surface area contributed by atoms with Crippen LogP contribution in [0.25, 0.3) is 0 Å². The Kier molecular flexibility index (Phi) is 4.18. The number of aromatic nitrogens is 2. The Hall–Kier alpha value is -3.16. The number of urea groups is 1. The van der Waals surface area contributed by atoms with E-state index in [9.17, 15) is 14.4 Å². The summed E-state index contributed by atoms with van der Waals surface area (Å²) in [6, 6.07) is 8.59. The minimum Gasteiger partial charge on any atom is -0.336 e. The highest BCUT2D eigenvalue weighted by atomic mass is 16.2. The van der Waals surface area contributed by atoms with Crippen molar-refractivity contribution in [3.05, 3.63) is 47.3 Å². The average Bonchev–Trinajstić information content (AvgIpc) is 3.33.